The highest BCUT2D eigenvalue weighted by Crippen LogP contribution is 2.43. The molecule has 0 amide bonds. The van der Waals surface area contributed by atoms with E-state index in [-0.39, 0.29) is 0 Å². The molecule has 0 radical (unpaired) electrons. The summed E-state index contributed by atoms with van der Waals surface area (Å²) in [6, 6.07) is 86.2. The maximum absolute atomic E-state index is 5.44. The van der Waals surface area contributed by atoms with Crippen LogP contribution in [0, 0.1) is 0 Å². The van der Waals surface area contributed by atoms with E-state index in [9.17, 15) is 0 Å². The summed E-state index contributed by atoms with van der Waals surface area (Å²) < 4.78 is 2.44. The molecule has 0 fully saturated rings. The number of nitrogens with zero attached hydrogens (tertiary/aromatic N) is 4. The van der Waals surface area contributed by atoms with E-state index < -0.39 is 0 Å². The average Bonchev–Trinajstić information content (AvgIpc) is 3.75. The molecule has 0 N–H and O–H groups in total. The molecule has 0 saturated carbocycles. The van der Waals surface area contributed by atoms with Crippen LogP contribution in [0.15, 0.2) is 258 Å². The number of hydrogen-bond donors (Lipinski definition) is 0. The fourth-order valence-electron chi connectivity index (χ4n) is 9.96. The third-order valence-corrected chi connectivity index (χ3v) is 13.1. The van der Waals surface area contributed by atoms with Gasteiger partial charge >= 0.3 is 0 Å². The Morgan fingerprint density at radius 1 is 0.353 bits per heavy atom. The van der Waals surface area contributed by atoms with E-state index in [1.165, 1.54) is 38.1 Å². The predicted molar refractivity (Wildman–Crippen MR) is 289 cm³/mol. The zero-order valence-electron chi connectivity index (χ0n) is 37.3. The van der Waals surface area contributed by atoms with E-state index in [0.717, 1.165) is 71.8 Å². The van der Waals surface area contributed by atoms with Crippen molar-refractivity contribution in [3.05, 3.63) is 259 Å². The van der Waals surface area contributed by atoms with Crippen LogP contribution in [0.25, 0.3) is 93.2 Å². The highest BCUT2D eigenvalue weighted by atomic mass is 15.0. The first-order valence-corrected chi connectivity index (χ1v) is 23.1. The van der Waals surface area contributed by atoms with E-state index in [1.54, 1.807) is 0 Å². The van der Waals surface area contributed by atoms with Gasteiger partial charge in [-0.15, -0.1) is 0 Å². The fraction of sp³-hybridized carbons (Fsp3) is 0.0156. The molecule has 4 nitrogen and oxygen atoms in total. The van der Waals surface area contributed by atoms with E-state index in [2.05, 4.69) is 242 Å². The summed E-state index contributed by atoms with van der Waals surface area (Å²) in [6.07, 6.45) is 0. The molecule has 1 aromatic heterocycles. The van der Waals surface area contributed by atoms with Crippen LogP contribution >= 0.6 is 0 Å². The van der Waals surface area contributed by atoms with Gasteiger partial charge < -0.3 is 4.57 Å². The summed E-state index contributed by atoms with van der Waals surface area (Å²) in [7, 11) is 0. The van der Waals surface area contributed by atoms with Crippen molar-refractivity contribution >= 4 is 72.5 Å². The molecule has 4 heteroatoms. The molecule has 12 aromatic rings. The first-order valence-electron chi connectivity index (χ1n) is 23.1. The van der Waals surface area contributed by atoms with Crippen molar-refractivity contribution in [3.63, 3.8) is 0 Å². The van der Waals surface area contributed by atoms with Crippen LogP contribution in [0.2, 0.25) is 0 Å². The number of para-hydroxylation sites is 1. The van der Waals surface area contributed by atoms with Crippen LogP contribution in [0.1, 0.15) is 16.7 Å². The van der Waals surface area contributed by atoms with Gasteiger partial charge in [0.25, 0.3) is 0 Å². The van der Waals surface area contributed by atoms with Crippen molar-refractivity contribution in [2.24, 2.45) is 15.0 Å². The minimum atomic E-state index is 0.422. The molecule has 0 aliphatic rings. The van der Waals surface area contributed by atoms with Gasteiger partial charge in [-0.2, -0.15) is 0 Å². The number of benzene rings is 11. The van der Waals surface area contributed by atoms with Gasteiger partial charge in [0.2, 0.25) is 0 Å². The molecule has 11 aromatic carbocycles. The molecule has 0 aliphatic heterocycles. The second-order valence-electron chi connectivity index (χ2n) is 17.2. The van der Waals surface area contributed by atoms with Gasteiger partial charge in [-0.1, -0.05) is 200 Å². The van der Waals surface area contributed by atoms with Crippen molar-refractivity contribution in [2.75, 3.05) is 0 Å². The molecule has 0 atom stereocenters. The Kier molecular flexibility index (Phi) is 10.4. The van der Waals surface area contributed by atoms with Crippen LogP contribution < -0.4 is 0 Å². The van der Waals surface area contributed by atoms with E-state index in [1.807, 2.05) is 12.1 Å². The summed E-state index contributed by atoms with van der Waals surface area (Å²) in [5.41, 5.74) is 13.0. The SMILES string of the molecule is C=N/C(=N\C(=N/Cc1cccc(-c2ccccc2)c1)c1cccc(-c2ccccc2)c1)c1cc(-n2c3ccccc3c3cc(-c4ccccc4)ccc32)c2c3ccccc3c3ccccc3c2c1. The van der Waals surface area contributed by atoms with E-state index >= 15 is 0 Å². The van der Waals surface area contributed by atoms with E-state index in [4.69, 9.17) is 15.0 Å². The van der Waals surface area contributed by atoms with Crippen LogP contribution in [-0.2, 0) is 6.54 Å². The molecule has 0 aliphatic carbocycles. The standard InChI is InChI=1S/C64H44N4/c1-65-63(67-64(50-28-18-27-48(38-50)45-22-7-3-8-23-45)66-42-43-19-17-26-47(37-43)44-20-5-2-6-21-44)51-40-58-54-31-12-11-29-52(54)53-30-13-14-33-56(53)62(58)61(41-51)68-59-34-16-15-32-55(59)57-39-49(35-36-60(57)68)46-24-9-4-10-25-46/h2-41H,1,42H2/b66-64-,67-63-. The number of amidine groups is 2. The molecule has 1 heterocycles. The summed E-state index contributed by atoms with van der Waals surface area (Å²) in [6.45, 7) is 4.62. The Bertz CT molecular complexity index is 3940. The highest BCUT2D eigenvalue weighted by Gasteiger charge is 2.21. The quantitative estimate of drug-likeness (QED) is 0.0829. The lowest BCUT2D eigenvalue weighted by molar-refractivity contribution is 1.06. The molecule has 0 bridgehead atoms. The van der Waals surface area contributed by atoms with Crippen molar-refractivity contribution in [3.8, 4) is 39.1 Å². The Morgan fingerprint density at radius 2 is 0.868 bits per heavy atom. The Labute approximate surface area is 395 Å². The van der Waals surface area contributed by atoms with Gasteiger partial charge in [0, 0.05) is 27.3 Å². The van der Waals surface area contributed by atoms with Gasteiger partial charge in [-0.25, -0.2) is 9.98 Å². The summed E-state index contributed by atoms with van der Waals surface area (Å²) in [5, 5.41) is 9.36. The summed E-state index contributed by atoms with van der Waals surface area (Å²) in [4.78, 5) is 15.5. The number of rotatable bonds is 8. The van der Waals surface area contributed by atoms with Crippen molar-refractivity contribution < 1.29 is 0 Å². The smallest absolute Gasteiger partial charge is 0.161 e. The number of hydrogen-bond acceptors (Lipinski definition) is 1. The lowest BCUT2D eigenvalue weighted by Crippen LogP contribution is -2.07. The molecule has 320 valence electrons. The molecule has 12 rings (SSSR count). The van der Waals surface area contributed by atoms with Crippen LogP contribution in [-0.4, -0.2) is 23.0 Å². The molecule has 0 saturated heterocycles. The topological polar surface area (TPSA) is 42.0 Å². The first kappa shape index (κ1) is 40.5. The van der Waals surface area contributed by atoms with E-state index in [0.29, 0.717) is 18.2 Å². The van der Waals surface area contributed by atoms with Crippen molar-refractivity contribution in [1.29, 1.82) is 0 Å². The predicted octanol–water partition coefficient (Wildman–Crippen LogP) is 16.3. The maximum Gasteiger partial charge on any atom is 0.161 e. The minimum Gasteiger partial charge on any atom is -0.309 e. The largest absolute Gasteiger partial charge is 0.309 e. The third kappa shape index (κ3) is 7.35. The molecular formula is C64H44N4. The van der Waals surface area contributed by atoms with Gasteiger partial charge in [-0.3, -0.25) is 4.99 Å². The average molecular weight is 869 g/mol. The van der Waals surface area contributed by atoms with Gasteiger partial charge in [0.1, 0.15) is 0 Å². The summed E-state index contributed by atoms with van der Waals surface area (Å²) >= 11 is 0. The number of fused-ring (bicyclic) bond motifs is 9. The van der Waals surface area contributed by atoms with Crippen molar-refractivity contribution in [2.45, 2.75) is 6.54 Å². The second-order valence-corrected chi connectivity index (χ2v) is 17.2. The van der Waals surface area contributed by atoms with Gasteiger partial charge in [0.05, 0.1) is 23.3 Å². The van der Waals surface area contributed by atoms with Crippen molar-refractivity contribution in [1.82, 2.24) is 4.57 Å². The lowest BCUT2D eigenvalue weighted by Gasteiger charge is -2.18. The lowest BCUT2D eigenvalue weighted by atomic mass is 9.91. The monoisotopic (exact) mass is 868 g/mol. The molecule has 0 spiro atoms. The summed E-state index contributed by atoms with van der Waals surface area (Å²) in [5.74, 6) is 1.06. The molecule has 68 heavy (non-hydrogen) atoms. The third-order valence-electron chi connectivity index (χ3n) is 13.1. The highest BCUT2D eigenvalue weighted by molar-refractivity contribution is 6.29. The Balaban J connectivity index is 1.11. The normalized spacial score (nSPS) is 12.1. The number of aromatic nitrogens is 1. The Hall–Kier alpha value is -8.99. The van der Waals surface area contributed by atoms with Crippen LogP contribution in [0.4, 0.5) is 0 Å². The molecule has 0 unspecified atom stereocenters. The zero-order chi connectivity index (χ0) is 45.4. The molecular weight excluding hydrogens is 825 g/mol. The Morgan fingerprint density at radius 3 is 1.53 bits per heavy atom. The number of aliphatic imine (C=N–C) groups is 3. The van der Waals surface area contributed by atoms with Gasteiger partial charge in [-0.05, 0) is 115 Å². The first-order chi connectivity index (χ1) is 33.7. The fourth-order valence-corrected chi connectivity index (χ4v) is 9.96. The minimum absolute atomic E-state index is 0.422. The maximum atomic E-state index is 5.44. The van der Waals surface area contributed by atoms with Crippen LogP contribution in [0.3, 0.4) is 0 Å². The van der Waals surface area contributed by atoms with Gasteiger partial charge in [0.15, 0.2) is 11.7 Å². The van der Waals surface area contributed by atoms with Crippen LogP contribution in [0.5, 0.6) is 0 Å². The zero-order valence-corrected chi connectivity index (χ0v) is 37.3. The second kappa shape index (κ2) is 17.4.